The number of fused-ring (bicyclic) bond motifs is 1. The van der Waals surface area contributed by atoms with Crippen LogP contribution in [0, 0.1) is 5.82 Å². The molecule has 0 bridgehead atoms. The van der Waals surface area contributed by atoms with Crippen molar-refractivity contribution in [3.63, 3.8) is 0 Å². The Balaban J connectivity index is 1.81. The molecule has 0 radical (unpaired) electrons. The molecule has 21 heavy (non-hydrogen) atoms. The molecule has 1 aromatic heterocycles. The van der Waals surface area contributed by atoms with E-state index in [2.05, 4.69) is 4.98 Å². The standard InChI is InChI=1S/C17H12FNOS/c18-13-4-2-5-14(9-13)21-11-17(20)16-6-1-3-12-10-19-8-7-15(12)16/h1-10H,11H2. The van der Waals surface area contributed by atoms with Gasteiger partial charge in [0.25, 0.3) is 0 Å². The maximum Gasteiger partial charge on any atom is 0.173 e. The molecule has 0 aliphatic carbocycles. The lowest BCUT2D eigenvalue weighted by Gasteiger charge is -2.05. The van der Waals surface area contributed by atoms with E-state index in [-0.39, 0.29) is 17.4 Å². The summed E-state index contributed by atoms with van der Waals surface area (Å²) < 4.78 is 13.1. The third kappa shape index (κ3) is 3.11. The number of aromatic nitrogens is 1. The van der Waals surface area contributed by atoms with E-state index in [9.17, 15) is 9.18 Å². The number of pyridine rings is 1. The number of rotatable bonds is 4. The van der Waals surface area contributed by atoms with E-state index in [0.717, 1.165) is 15.7 Å². The Kier molecular flexibility index (Phi) is 3.97. The monoisotopic (exact) mass is 297 g/mol. The zero-order chi connectivity index (χ0) is 14.7. The van der Waals surface area contributed by atoms with Gasteiger partial charge in [0.1, 0.15) is 5.82 Å². The average Bonchev–Trinajstić information content (AvgIpc) is 2.52. The van der Waals surface area contributed by atoms with Gasteiger partial charge < -0.3 is 0 Å². The van der Waals surface area contributed by atoms with Gasteiger partial charge in [-0.25, -0.2) is 4.39 Å². The summed E-state index contributed by atoms with van der Waals surface area (Å²) in [6.45, 7) is 0. The van der Waals surface area contributed by atoms with Crippen LogP contribution in [-0.2, 0) is 0 Å². The van der Waals surface area contributed by atoms with Crippen LogP contribution >= 0.6 is 11.8 Å². The number of nitrogens with zero attached hydrogens (tertiary/aromatic N) is 1. The highest BCUT2D eigenvalue weighted by Gasteiger charge is 2.10. The summed E-state index contributed by atoms with van der Waals surface area (Å²) in [7, 11) is 0. The van der Waals surface area contributed by atoms with E-state index < -0.39 is 0 Å². The molecule has 0 N–H and O–H groups in total. The molecule has 0 unspecified atom stereocenters. The molecule has 0 spiro atoms. The first kappa shape index (κ1) is 13.8. The number of Topliss-reactive ketones (excluding diaryl/α,β-unsaturated/α-hetero) is 1. The van der Waals surface area contributed by atoms with Gasteiger partial charge in [0, 0.05) is 28.2 Å². The van der Waals surface area contributed by atoms with Crippen molar-refractivity contribution in [2.75, 3.05) is 5.75 Å². The summed E-state index contributed by atoms with van der Waals surface area (Å²) >= 11 is 1.34. The Morgan fingerprint density at radius 2 is 2.00 bits per heavy atom. The van der Waals surface area contributed by atoms with Gasteiger partial charge in [-0.2, -0.15) is 0 Å². The van der Waals surface area contributed by atoms with Gasteiger partial charge >= 0.3 is 0 Å². The summed E-state index contributed by atoms with van der Waals surface area (Å²) in [6.07, 6.45) is 3.42. The third-order valence-electron chi connectivity index (χ3n) is 3.15. The Bertz CT molecular complexity index is 798. The zero-order valence-corrected chi connectivity index (χ0v) is 11.9. The van der Waals surface area contributed by atoms with Crippen molar-refractivity contribution in [3.8, 4) is 0 Å². The molecule has 0 amide bonds. The molecule has 0 atom stereocenters. The van der Waals surface area contributed by atoms with Gasteiger partial charge in [-0.15, -0.1) is 11.8 Å². The SMILES string of the molecule is O=C(CSc1cccc(F)c1)c1cccc2cnccc12. The highest BCUT2D eigenvalue weighted by molar-refractivity contribution is 8.00. The smallest absolute Gasteiger partial charge is 0.173 e. The predicted octanol–water partition coefficient (Wildman–Crippen LogP) is 4.35. The van der Waals surface area contributed by atoms with Crippen LogP contribution in [0.4, 0.5) is 4.39 Å². The molecule has 0 saturated carbocycles. The van der Waals surface area contributed by atoms with Crippen LogP contribution in [0.2, 0.25) is 0 Å². The lowest BCUT2D eigenvalue weighted by molar-refractivity contribution is 0.102. The van der Waals surface area contributed by atoms with Crippen molar-refractivity contribution in [1.82, 2.24) is 4.98 Å². The van der Waals surface area contributed by atoms with Crippen molar-refractivity contribution < 1.29 is 9.18 Å². The van der Waals surface area contributed by atoms with Crippen molar-refractivity contribution in [1.29, 1.82) is 0 Å². The van der Waals surface area contributed by atoms with Crippen LogP contribution in [0.3, 0.4) is 0 Å². The van der Waals surface area contributed by atoms with Crippen LogP contribution < -0.4 is 0 Å². The molecule has 0 saturated heterocycles. The number of ketones is 1. The fourth-order valence-corrected chi connectivity index (χ4v) is 2.97. The van der Waals surface area contributed by atoms with Gasteiger partial charge in [0.05, 0.1) is 5.75 Å². The summed E-state index contributed by atoms with van der Waals surface area (Å²) in [5.41, 5.74) is 0.679. The maximum absolute atomic E-state index is 13.1. The van der Waals surface area contributed by atoms with Crippen LogP contribution in [0.5, 0.6) is 0 Å². The number of hydrogen-bond donors (Lipinski definition) is 0. The van der Waals surface area contributed by atoms with Crippen molar-refractivity contribution in [2.24, 2.45) is 0 Å². The molecule has 104 valence electrons. The predicted molar refractivity (Wildman–Crippen MR) is 83.2 cm³/mol. The van der Waals surface area contributed by atoms with Gasteiger partial charge in [0.2, 0.25) is 0 Å². The molecule has 0 aliphatic heterocycles. The molecular weight excluding hydrogens is 285 g/mol. The first-order valence-corrected chi connectivity index (χ1v) is 7.47. The second-order valence-corrected chi connectivity index (χ2v) is 5.62. The molecule has 0 aliphatic rings. The maximum atomic E-state index is 13.1. The number of halogens is 1. The number of thioether (sulfide) groups is 1. The number of benzene rings is 2. The van der Waals surface area contributed by atoms with Crippen LogP contribution in [0.1, 0.15) is 10.4 Å². The van der Waals surface area contributed by atoms with Crippen LogP contribution in [-0.4, -0.2) is 16.5 Å². The summed E-state index contributed by atoms with van der Waals surface area (Å²) in [5.74, 6) is 0.0231. The Morgan fingerprint density at radius 1 is 1.14 bits per heavy atom. The second-order valence-electron chi connectivity index (χ2n) is 4.57. The third-order valence-corrected chi connectivity index (χ3v) is 4.14. The van der Waals surface area contributed by atoms with Gasteiger partial charge in [0.15, 0.2) is 5.78 Å². The minimum absolute atomic E-state index is 0.0288. The second kappa shape index (κ2) is 6.06. The van der Waals surface area contributed by atoms with Gasteiger partial charge in [-0.3, -0.25) is 9.78 Å². The number of carbonyl (C=O) groups excluding carboxylic acids is 1. The largest absolute Gasteiger partial charge is 0.293 e. The molecular formula is C17H12FNOS. The van der Waals surface area contributed by atoms with E-state index >= 15 is 0 Å². The van der Waals surface area contributed by atoms with E-state index in [0.29, 0.717) is 5.56 Å². The first-order valence-electron chi connectivity index (χ1n) is 6.48. The molecule has 3 rings (SSSR count). The molecule has 2 nitrogen and oxygen atoms in total. The van der Waals surface area contributed by atoms with Gasteiger partial charge in [-0.05, 0) is 29.7 Å². The lowest BCUT2D eigenvalue weighted by Crippen LogP contribution is -2.03. The van der Waals surface area contributed by atoms with Crippen molar-refractivity contribution in [2.45, 2.75) is 4.90 Å². The van der Waals surface area contributed by atoms with E-state index in [1.54, 1.807) is 24.5 Å². The molecule has 3 aromatic rings. The fraction of sp³-hybridized carbons (Fsp3) is 0.0588. The van der Waals surface area contributed by atoms with Gasteiger partial charge in [-0.1, -0.05) is 24.3 Å². The summed E-state index contributed by atoms with van der Waals surface area (Å²) in [6, 6.07) is 13.7. The molecule has 1 heterocycles. The molecule has 0 fully saturated rings. The number of carbonyl (C=O) groups is 1. The van der Waals surface area contributed by atoms with Crippen LogP contribution in [0.15, 0.2) is 65.8 Å². The zero-order valence-electron chi connectivity index (χ0n) is 11.1. The highest BCUT2D eigenvalue weighted by atomic mass is 32.2. The minimum Gasteiger partial charge on any atom is -0.293 e. The minimum atomic E-state index is -0.288. The van der Waals surface area contributed by atoms with E-state index in [1.807, 2.05) is 24.3 Å². The number of hydrogen-bond acceptors (Lipinski definition) is 3. The highest BCUT2D eigenvalue weighted by Crippen LogP contribution is 2.23. The van der Waals surface area contributed by atoms with Crippen molar-refractivity contribution >= 4 is 28.3 Å². The average molecular weight is 297 g/mol. The summed E-state index contributed by atoms with van der Waals surface area (Å²) in [5, 5.41) is 1.84. The molecule has 2 aromatic carbocycles. The van der Waals surface area contributed by atoms with E-state index in [1.165, 1.54) is 23.9 Å². The van der Waals surface area contributed by atoms with E-state index in [4.69, 9.17) is 0 Å². The quantitative estimate of drug-likeness (QED) is 0.530. The summed E-state index contributed by atoms with van der Waals surface area (Å²) in [4.78, 5) is 17.2. The van der Waals surface area contributed by atoms with Crippen LogP contribution in [0.25, 0.3) is 10.8 Å². The van der Waals surface area contributed by atoms with Crippen molar-refractivity contribution in [3.05, 3.63) is 72.3 Å². The first-order chi connectivity index (χ1) is 10.2. The fourth-order valence-electron chi connectivity index (χ4n) is 2.15. The Morgan fingerprint density at radius 3 is 2.86 bits per heavy atom. The topological polar surface area (TPSA) is 30.0 Å². The Labute approximate surface area is 126 Å². The molecule has 4 heteroatoms. The normalized spacial score (nSPS) is 10.7. The lowest BCUT2D eigenvalue weighted by atomic mass is 10.0. The Hall–Kier alpha value is -2.20.